The van der Waals surface area contributed by atoms with Crippen molar-refractivity contribution >= 4 is 0 Å². The first-order valence-electron chi connectivity index (χ1n) is 7.64. The summed E-state index contributed by atoms with van der Waals surface area (Å²) in [5.41, 5.74) is 2.46. The fourth-order valence-corrected chi connectivity index (χ4v) is 2.69. The maximum Gasteiger partial charge on any atom is 0.158 e. The first-order valence-corrected chi connectivity index (χ1v) is 7.64. The van der Waals surface area contributed by atoms with Gasteiger partial charge in [-0.3, -0.25) is 4.90 Å². The lowest BCUT2D eigenvalue weighted by molar-refractivity contribution is 0.0342. The molecule has 1 aliphatic heterocycles. The van der Waals surface area contributed by atoms with E-state index in [1.807, 2.05) is 4.68 Å². The van der Waals surface area contributed by atoms with Crippen LogP contribution in [0, 0.1) is 0 Å². The van der Waals surface area contributed by atoms with E-state index in [2.05, 4.69) is 46.2 Å². The average Bonchev–Trinajstić information content (AvgIpc) is 2.97. The van der Waals surface area contributed by atoms with Crippen LogP contribution in [0.15, 0.2) is 30.6 Å². The molecule has 0 aliphatic carbocycles. The second kappa shape index (κ2) is 6.83. The Hall–Kier alpha value is -1.72. The van der Waals surface area contributed by atoms with Crippen molar-refractivity contribution in [3.05, 3.63) is 36.2 Å². The zero-order valence-electron chi connectivity index (χ0n) is 12.5. The van der Waals surface area contributed by atoms with Crippen LogP contribution in [0.25, 0.3) is 11.4 Å². The van der Waals surface area contributed by atoms with Gasteiger partial charge in [0.15, 0.2) is 5.82 Å². The number of hydrogen-bond acceptors (Lipinski definition) is 4. The second-order valence-electron chi connectivity index (χ2n) is 5.40. The molecule has 1 saturated heterocycles. The van der Waals surface area contributed by atoms with E-state index in [4.69, 9.17) is 4.74 Å². The van der Waals surface area contributed by atoms with Crippen LogP contribution in [0.1, 0.15) is 18.9 Å². The van der Waals surface area contributed by atoms with Crippen LogP contribution >= 0.6 is 0 Å². The Morgan fingerprint density at radius 3 is 2.90 bits per heavy atom. The van der Waals surface area contributed by atoms with E-state index in [1.54, 1.807) is 6.33 Å². The number of rotatable bonds is 5. The van der Waals surface area contributed by atoms with Gasteiger partial charge < -0.3 is 4.74 Å². The van der Waals surface area contributed by atoms with Crippen LogP contribution < -0.4 is 0 Å². The van der Waals surface area contributed by atoms with Gasteiger partial charge in [-0.15, -0.1) is 0 Å². The van der Waals surface area contributed by atoms with E-state index < -0.39 is 0 Å². The zero-order valence-corrected chi connectivity index (χ0v) is 12.5. The first-order chi connectivity index (χ1) is 10.4. The van der Waals surface area contributed by atoms with Crippen molar-refractivity contribution < 1.29 is 4.74 Å². The van der Waals surface area contributed by atoms with Crippen LogP contribution in [-0.4, -0.2) is 46.0 Å². The quantitative estimate of drug-likeness (QED) is 0.845. The average molecular weight is 286 g/mol. The minimum Gasteiger partial charge on any atom is -0.379 e. The van der Waals surface area contributed by atoms with Crippen LogP contribution in [0.2, 0.25) is 0 Å². The number of benzene rings is 1. The molecular formula is C16H22N4O. The van der Waals surface area contributed by atoms with Gasteiger partial charge in [-0.1, -0.05) is 25.1 Å². The number of nitrogens with zero attached hydrogens (tertiary/aromatic N) is 4. The molecule has 112 valence electrons. The maximum atomic E-state index is 5.40. The van der Waals surface area contributed by atoms with Crippen LogP contribution in [0.4, 0.5) is 0 Å². The molecule has 0 saturated carbocycles. The smallest absolute Gasteiger partial charge is 0.158 e. The summed E-state index contributed by atoms with van der Waals surface area (Å²) in [6, 6.07) is 8.63. The highest BCUT2D eigenvalue weighted by Crippen LogP contribution is 2.19. The van der Waals surface area contributed by atoms with E-state index in [1.165, 1.54) is 5.56 Å². The first kappa shape index (κ1) is 14.2. The summed E-state index contributed by atoms with van der Waals surface area (Å²) in [5.74, 6) is 0.959. The standard InChI is InChI=1S/C16H22N4O/c1-2-6-20-16(17-13-18-20)15-5-3-4-14(11-15)12-19-7-9-21-10-8-19/h3-5,11,13H,2,6-10,12H2,1H3. The largest absolute Gasteiger partial charge is 0.379 e. The molecule has 1 aromatic heterocycles. The molecule has 2 aromatic rings. The van der Waals surface area contributed by atoms with Crippen molar-refractivity contribution in [3.63, 3.8) is 0 Å². The third-order valence-electron chi connectivity index (χ3n) is 3.75. The van der Waals surface area contributed by atoms with Crippen molar-refractivity contribution in [2.45, 2.75) is 26.4 Å². The lowest BCUT2D eigenvalue weighted by Gasteiger charge is -2.26. The van der Waals surface area contributed by atoms with Gasteiger partial charge in [0.05, 0.1) is 13.2 Å². The Balaban J connectivity index is 1.77. The number of hydrogen-bond donors (Lipinski definition) is 0. The van der Waals surface area contributed by atoms with Crippen molar-refractivity contribution in [3.8, 4) is 11.4 Å². The number of ether oxygens (including phenoxy) is 1. The third kappa shape index (κ3) is 3.49. The predicted molar refractivity (Wildman–Crippen MR) is 81.8 cm³/mol. The highest BCUT2D eigenvalue weighted by Gasteiger charge is 2.12. The molecule has 1 aromatic carbocycles. The molecule has 3 rings (SSSR count). The van der Waals surface area contributed by atoms with Crippen molar-refractivity contribution in [1.82, 2.24) is 19.7 Å². The molecule has 0 bridgehead atoms. The molecule has 0 amide bonds. The summed E-state index contributed by atoms with van der Waals surface area (Å²) in [6.45, 7) is 7.73. The Morgan fingerprint density at radius 2 is 2.10 bits per heavy atom. The fourth-order valence-electron chi connectivity index (χ4n) is 2.69. The van der Waals surface area contributed by atoms with Gasteiger partial charge in [0.25, 0.3) is 0 Å². The Kier molecular flexibility index (Phi) is 4.62. The van der Waals surface area contributed by atoms with E-state index >= 15 is 0 Å². The van der Waals surface area contributed by atoms with Gasteiger partial charge in [-0.05, 0) is 18.1 Å². The van der Waals surface area contributed by atoms with E-state index in [0.717, 1.165) is 57.2 Å². The number of morpholine rings is 1. The molecule has 0 unspecified atom stereocenters. The SMILES string of the molecule is CCCn1ncnc1-c1cccc(CN2CCOCC2)c1. The summed E-state index contributed by atoms with van der Waals surface area (Å²) in [4.78, 5) is 6.84. The van der Waals surface area contributed by atoms with E-state index in [9.17, 15) is 0 Å². The zero-order chi connectivity index (χ0) is 14.5. The van der Waals surface area contributed by atoms with Gasteiger partial charge in [0.2, 0.25) is 0 Å². The van der Waals surface area contributed by atoms with E-state index in [0.29, 0.717) is 0 Å². The molecule has 0 spiro atoms. The summed E-state index contributed by atoms with van der Waals surface area (Å²) in [7, 11) is 0. The van der Waals surface area contributed by atoms with Gasteiger partial charge in [-0.2, -0.15) is 5.10 Å². The minimum absolute atomic E-state index is 0.838. The van der Waals surface area contributed by atoms with Crippen LogP contribution in [0.3, 0.4) is 0 Å². The molecule has 1 aliphatic rings. The van der Waals surface area contributed by atoms with Crippen molar-refractivity contribution in [1.29, 1.82) is 0 Å². The summed E-state index contributed by atoms with van der Waals surface area (Å²) in [5, 5.41) is 4.31. The van der Waals surface area contributed by atoms with Gasteiger partial charge in [-0.25, -0.2) is 9.67 Å². The summed E-state index contributed by atoms with van der Waals surface area (Å²) >= 11 is 0. The Morgan fingerprint density at radius 1 is 1.24 bits per heavy atom. The Labute approximate surface area is 125 Å². The molecule has 1 fully saturated rings. The molecular weight excluding hydrogens is 264 g/mol. The summed E-state index contributed by atoms with van der Waals surface area (Å²) < 4.78 is 7.38. The maximum absolute atomic E-state index is 5.40. The van der Waals surface area contributed by atoms with Gasteiger partial charge in [0, 0.05) is 31.7 Å². The molecule has 21 heavy (non-hydrogen) atoms. The molecule has 5 heteroatoms. The molecule has 5 nitrogen and oxygen atoms in total. The summed E-state index contributed by atoms with van der Waals surface area (Å²) in [6.07, 6.45) is 2.70. The molecule has 0 atom stereocenters. The highest BCUT2D eigenvalue weighted by atomic mass is 16.5. The molecule has 2 heterocycles. The van der Waals surface area contributed by atoms with Crippen LogP contribution in [-0.2, 0) is 17.8 Å². The van der Waals surface area contributed by atoms with Crippen molar-refractivity contribution in [2.75, 3.05) is 26.3 Å². The highest BCUT2D eigenvalue weighted by molar-refractivity contribution is 5.56. The number of aryl methyl sites for hydroxylation is 1. The number of aromatic nitrogens is 3. The lowest BCUT2D eigenvalue weighted by Crippen LogP contribution is -2.35. The van der Waals surface area contributed by atoms with Crippen molar-refractivity contribution in [2.24, 2.45) is 0 Å². The topological polar surface area (TPSA) is 43.2 Å². The van der Waals surface area contributed by atoms with Gasteiger partial charge in [0.1, 0.15) is 6.33 Å². The van der Waals surface area contributed by atoms with E-state index in [-0.39, 0.29) is 0 Å². The third-order valence-corrected chi connectivity index (χ3v) is 3.75. The van der Waals surface area contributed by atoms with Gasteiger partial charge >= 0.3 is 0 Å². The van der Waals surface area contributed by atoms with Crippen LogP contribution in [0.5, 0.6) is 0 Å². The normalized spacial score (nSPS) is 16.2. The minimum atomic E-state index is 0.838. The monoisotopic (exact) mass is 286 g/mol. The molecule has 0 N–H and O–H groups in total. The predicted octanol–water partition coefficient (Wildman–Crippen LogP) is 2.19. The Bertz CT molecular complexity index is 575. The second-order valence-corrected chi connectivity index (χ2v) is 5.40. The lowest BCUT2D eigenvalue weighted by atomic mass is 10.1. The molecule has 0 radical (unpaired) electrons. The fraction of sp³-hybridized carbons (Fsp3) is 0.500.